The zero-order valence-electron chi connectivity index (χ0n) is 13.0. The number of amides is 1. The second-order valence-electron chi connectivity index (χ2n) is 5.97. The zero-order chi connectivity index (χ0) is 16.4. The van der Waals surface area contributed by atoms with Gasteiger partial charge in [0.2, 0.25) is 5.91 Å². The minimum Gasteiger partial charge on any atom is -0.368 e. The third-order valence-electron chi connectivity index (χ3n) is 4.33. The van der Waals surface area contributed by atoms with Gasteiger partial charge in [0.15, 0.2) is 0 Å². The van der Waals surface area contributed by atoms with E-state index in [0.29, 0.717) is 18.0 Å². The summed E-state index contributed by atoms with van der Waals surface area (Å²) in [4.78, 5) is 11.7. The number of aromatic nitrogens is 3. The number of benzene rings is 1. The molecule has 1 aromatic heterocycles. The molecule has 3 rings (SSSR count). The molecule has 23 heavy (non-hydrogen) atoms. The summed E-state index contributed by atoms with van der Waals surface area (Å²) in [5.41, 5.74) is 6.16. The molecule has 2 aromatic rings. The SMILES string of the molecule is Cc1nnc2n1C[C@H](CN[C@@H](C(N)=O)c1ccc(F)cc1)CC2. The molecular weight excluding hydrogens is 297 g/mol. The zero-order valence-corrected chi connectivity index (χ0v) is 13.0. The number of fused-ring (bicyclic) bond motifs is 1. The van der Waals surface area contributed by atoms with Crippen LogP contribution in [0.2, 0.25) is 0 Å². The number of nitrogens with zero attached hydrogens (tertiary/aromatic N) is 3. The first-order valence-electron chi connectivity index (χ1n) is 7.71. The maximum atomic E-state index is 13.0. The summed E-state index contributed by atoms with van der Waals surface area (Å²) in [7, 11) is 0. The van der Waals surface area contributed by atoms with Crippen LogP contribution in [0.3, 0.4) is 0 Å². The summed E-state index contributed by atoms with van der Waals surface area (Å²) in [6, 6.07) is 5.22. The molecule has 0 saturated heterocycles. The average Bonchev–Trinajstić information content (AvgIpc) is 2.90. The fourth-order valence-corrected chi connectivity index (χ4v) is 3.02. The lowest BCUT2D eigenvalue weighted by Gasteiger charge is -2.26. The molecule has 0 aliphatic carbocycles. The summed E-state index contributed by atoms with van der Waals surface area (Å²) < 4.78 is 15.1. The summed E-state index contributed by atoms with van der Waals surface area (Å²) >= 11 is 0. The van der Waals surface area contributed by atoms with E-state index in [-0.39, 0.29) is 5.82 Å². The van der Waals surface area contributed by atoms with Crippen molar-refractivity contribution in [2.75, 3.05) is 6.54 Å². The molecule has 0 radical (unpaired) electrons. The van der Waals surface area contributed by atoms with Gasteiger partial charge in [-0.25, -0.2) is 4.39 Å². The number of aryl methyl sites for hydroxylation is 2. The Kier molecular flexibility index (Phi) is 4.38. The van der Waals surface area contributed by atoms with Crippen LogP contribution in [-0.2, 0) is 17.8 Å². The highest BCUT2D eigenvalue weighted by Gasteiger charge is 2.24. The van der Waals surface area contributed by atoms with Crippen LogP contribution < -0.4 is 11.1 Å². The molecule has 0 fully saturated rings. The van der Waals surface area contributed by atoms with E-state index in [1.165, 1.54) is 12.1 Å². The predicted octanol–water partition coefficient (Wildman–Crippen LogP) is 1.10. The van der Waals surface area contributed by atoms with Gasteiger partial charge in [0, 0.05) is 19.5 Å². The molecule has 1 amide bonds. The van der Waals surface area contributed by atoms with Crippen LogP contribution in [0, 0.1) is 18.7 Å². The van der Waals surface area contributed by atoms with Gasteiger partial charge in [-0.1, -0.05) is 12.1 Å². The Morgan fingerprint density at radius 1 is 1.43 bits per heavy atom. The van der Waals surface area contributed by atoms with E-state index in [2.05, 4.69) is 20.1 Å². The fourth-order valence-electron chi connectivity index (χ4n) is 3.02. The second kappa shape index (κ2) is 6.45. The molecule has 2 heterocycles. The van der Waals surface area contributed by atoms with E-state index in [0.717, 1.165) is 31.0 Å². The maximum absolute atomic E-state index is 13.0. The largest absolute Gasteiger partial charge is 0.368 e. The minimum atomic E-state index is -0.612. The van der Waals surface area contributed by atoms with Gasteiger partial charge < -0.3 is 15.6 Å². The topological polar surface area (TPSA) is 85.8 Å². The molecule has 6 nitrogen and oxygen atoms in total. The summed E-state index contributed by atoms with van der Waals surface area (Å²) in [6.07, 6.45) is 1.87. The van der Waals surface area contributed by atoms with Crippen LogP contribution in [0.4, 0.5) is 4.39 Å². The van der Waals surface area contributed by atoms with Crippen molar-refractivity contribution in [2.45, 2.75) is 32.4 Å². The van der Waals surface area contributed by atoms with Crippen molar-refractivity contribution in [3.8, 4) is 0 Å². The number of carbonyl (C=O) groups is 1. The number of rotatable bonds is 5. The van der Waals surface area contributed by atoms with Crippen LogP contribution >= 0.6 is 0 Å². The molecule has 1 aromatic carbocycles. The Labute approximate surface area is 133 Å². The number of halogens is 1. The van der Waals surface area contributed by atoms with E-state index in [9.17, 15) is 9.18 Å². The van der Waals surface area contributed by atoms with Gasteiger partial charge in [0.05, 0.1) is 0 Å². The molecule has 7 heteroatoms. The van der Waals surface area contributed by atoms with E-state index in [1.807, 2.05) is 6.92 Å². The number of primary amides is 1. The number of hydrogen-bond donors (Lipinski definition) is 2. The van der Waals surface area contributed by atoms with Gasteiger partial charge in [0.25, 0.3) is 0 Å². The highest BCUT2D eigenvalue weighted by atomic mass is 19.1. The van der Waals surface area contributed by atoms with Gasteiger partial charge in [-0.15, -0.1) is 10.2 Å². The molecule has 3 N–H and O–H groups in total. The third-order valence-corrected chi connectivity index (χ3v) is 4.33. The maximum Gasteiger partial charge on any atom is 0.239 e. The van der Waals surface area contributed by atoms with Gasteiger partial charge in [-0.2, -0.15) is 0 Å². The Balaban J connectivity index is 1.65. The Morgan fingerprint density at radius 2 is 2.17 bits per heavy atom. The van der Waals surface area contributed by atoms with Crippen LogP contribution in [0.1, 0.15) is 29.7 Å². The van der Waals surface area contributed by atoms with Crippen molar-refractivity contribution in [2.24, 2.45) is 11.7 Å². The van der Waals surface area contributed by atoms with Crippen LogP contribution in [0.5, 0.6) is 0 Å². The summed E-state index contributed by atoms with van der Waals surface area (Å²) in [5.74, 6) is 1.51. The molecule has 1 aliphatic heterocycles. The van der Waals surface area contributed by atoms with Gasteiger partial charge >= 0.3 is 0 Å². The lowest BCUT2D eigenvalue weighted by molar-refractivity contribution is -0.120. The minimum absolute atomic E-state index is 0.333. The third kappa shape index (κ3) is 3.39. The van der Waals surface area contributed by atoms with Crippen LogP contribution in [-0.4, -0.2) is 27.2 Å². The summed E-state index contributed by atoms with van der Waals surface area (Å²) in [6.45, 7) is 3.43. The van der Waals surface area contributed by atoms with E-state index in [1.54, 1.807) is 12.1 Å². The highest BCUT2D eigenvalue weighted by Crippen LogP contribution is 2.21. The van der Waals surface area contributed by atoms with E-state index < -0.39 is 11.9 Å². The number of hydrogen-bond acceptors (Lipinski definition) is 4. The lowest BCUT2D eigenvalue weighted by Crippen LogP contribution is -2.38. The van der Waals surface area contributed by atoms with Gasteiger partial charge in [-0.05, 0) is 37.0 Å². The molecule has 2 atom stereocenters. The molecular formula is C16H20FN5O. The predicted molar refractivity (Wildman–Crippen MR) is 82.9 cm³/mol. The van der Waals surface area contributed by atoms with Gasteiger partial charge in [-0.3, -0.25) is 4.79 Å². The van der Waals surface area contributed by atoms with Crippen molar-refractivity contribution in [1.82, 2.24) is 20.1 Å². The van der Waals surface area contributed by atoms with Gasteiger partial charge in [0.1, 0.15) is 23.5 Å². The first kappa shape index (κ1) is 15.6. The van der Waals surface area contributed by atoms with Crippen LogP contribution in [0.25, 0.3) is 0 Å². The highest BCUT2D eigenvalue weighted by molar-refractivity contribution is 5.81. The normalized spacial score (nSPS) is 18.4. The molecule has 0 spiro atoms. The number of nitrogens with one attached hydrogen (secondary N) is 1. The second-order valence-corrected chi connectivity index (χ2v) is 5.97. The smallest absolute Gasteiger partial charge is 0.239 e. The first-order chi connectivity index (χ1) is 11.0. The van der Waals surface area contributed by atoms with Crippen molar-refractivity contribution in [3.63, 3.8) is 0 Å². The standard InChI is InChI=1S/C16H20FN5O/c1-10-20-21-14-7-2-11(9-22(10)14)8-19-15(16(18)23)12-3-5-13(17)6-4-12/h3-6,11,15,19H,2,7-9H2,1H3,(H2,18,23)/t11-,15+/m0/s1. The monoisotopic (exact) mass is 317 g/mol. The average molecular weight is 317 g/mol. The number of nitrogens with two attached hydrogens (primary N) is 1. The van der Waals surface area contributed by atoms with Crippen molar-refractivity contribution < 1.29 is 9.18 Å². The molecule has 0 unspecified atom stereocenters. The van der Waals surface area contributed by atoms with Crippen molar-refractivity contribution in [3.05, 3.63) is 47.3 Å². The Hall–Kier alpha value is -2.28. The first-order valence-corrected chi connectivity index (χ1v) is 7.71. The quantitative estimate of drug-likeness (QED) is 0.865. The van der Waals surface area contributed by atoms with E-state index >= 15 is 0 Å². The van der Waals surface area contributed by atoms with Crippen LogP contribution in [0.15, 0.2) is 24.3 Å². The lowest BCUT2D eigenvalue weighted by atomic mass is 9.98. The Morgan fingerprint density at radius 3 is 2.87 bits per heavy atom. The molecule has 0 saturated carbocycles. The van der Waals surface area contributed by atoms with Crippen molar-refractivity contribution >= 4 is 5.91 Å². The molecule has 122 valence electrons. The van der Waals surface area contributed by atoms with E-state index in [4.69, 9.17) is 5.73 Å². The molecule has 0 bridgehead atoms. The fraction of sp³-hybridized carbons (Fsp3) is 0.438. The molecule has 1 aliphatic rings. The number of carbonyl (C=O) groups excluding carboxylic acids is 1. The Bertz CT molecular complexity index is 697. The summed E-state index contributed by atoms with van der Waals surface area (Å²) in [5, 5.41) is 11.5. The van der Waals surface area contributed by atoms with Crippen molar-refractivity contribution in [1.29, 1.82) is 0 Å².